The lowest BCUT2D eigenvalue weighted by Gasteiger charge is -2.13. The summed E-state index contributed by atoms with van der Waals surface area (Å²) >= 11 is 0. The first-order valence-electron chi connectivity index (χ1n) is 4.83. The molecule has 0 bridgehead atoms. The number of carbonyl (C=O) groups excluding carboxylic acids is 1. The first kappa shape index (κ1) is 14.4. The number of halogens is 5. The number of rotatable bonds is 3. The summed E-state index contributed by atoms with van der Waals surface area (Å²) in [6, 6.07) is -0.674. The number of hydrogen-bond acceptors (Lipinski definition) is 2. The molecule has 1 unspecified atom stereocenters. The Morgan fingerprint density at radius 1 is 1.06 bits per heavy atom. The van der Waals surface area contributed by atoms with Crippen molar-refractivity contribution in [3.05, 3.63) is 34.6 Å². The first-order valence-corrected chi connectivity index (χ1v) is 4.83. The van der Waals surface area contributed by atoms with Gasteiger partial charge in [-0.1, -0.05) is 0 Å². The van der Waals surface area contributed by atoms with E-state index in [4.69, 9.17) is 5.73 Å². The van der Waals surface area contributed by atoms with Crippen molar-refractivity contribution < 1.29 is 26.7 Å². The zero-order valence-corrected chi connectivity index (χ0v) is 9.16. The highest BCUT2D eigenvalue weighted by Crippen LogP contribution is 2.22. The van der Waals surface area contributed by atoms with E-state index in [2.05, 4.69) is 0 Å². The van der Waals surface area contributed by atoms with E-state index >= 15 is 0 Å². The second-order valence-electron chi connectivity index (χ2n) is 3.56. The van der Waals surface area contributed by atoms with E-state index in [0.717, 1.165) is 0 Å². The molecule has 0 aromatic heterocycles. The molecule has 0 saturated carbocycles. The first-order chi connectivity index (χ1) is 8.31. The molecule has 0 fully saturated rings. The molecule has 0 radical (unpaired) electrons. The fraction of sp³-hybridized carbons (Fsp3) is 0.300. The van der Waals surface area contributed by atoms with Crippen molar-refractivity contribution in [3.63, 3.8) is 0 Å². The summed E-state index contributed by atoms with van der Waals surface area (Å²) in [5.41, 5.74) is 3.63. The molecule has 100 valence electrons. The Hall–Kier alpha value is -1.70. The van der Waals surface area contributed by atoms with E-state index in [1.165, 1.54) is 6.92 Å². The second-order valence-corrected chi connectivity index (χ2v) is 3.56. The van der Waals surface area contributed by atoms with Crippen LogP contribution in [0.5, 0.6) is 0 Å². The molecule has 1 atom stereocenters. The predicted octanol–water partition coefficient (Wildman–Crippen LogP) is 1.46. The third-order valence-corrected chi connectivity index (χ3v) is 2.17. The lowest BCUT2D eigenvalue weighted by molar-refractivity contribution is 0.0929. The second kappa shape index (κ2) is 5.30. The van der Waals surface area contributed by atoms with Gasteiger partial charge < -0.3 is 11.1 Å². The van der Waals surface area contributed by atoms with Crippen LogP contribution in [0.4, 0.5) is 22.0 Å². The summed E-state index contributed by atoms with van der Waals surface area (Å²) in [5, 5.41) is 2.00. The van der Waals surface area contributed by atoms with Gasteiger partial charge in [-0.3, -0.25) is 4.79 Å². The molecule has 3 N–H and O–H groups in total. The third-order valence-electron chi connectivity index (χ3n) is 2.17. The standard InChI is InChI=1S/C10H9F5N2O/c1-3(2-16)17-10(18)4-5(11)7(13)9(15)8(14)6(4)12/h3H,2,16H2,1H3,(H,17,18). The van der Waals surface area contributed by atoms with Crippen LogP contribution in [0.3, 0.4) is 0 Å². The van der Waals surface area contributed by atoms with Crippen molar-refractivity contribution in [3.8, 4) is 0 Å². The van der Waals surface area contributed by atoms with Crippen LogP contribution in [0.1, 0.15) is 17.3 Å². The van der Waals surface area contributed by atoms with Crippen molar-refractivity contribution >= 4 is 5.91 Å². The van der Waals surface area contributed by atoms with Crippen LogP contribution in [0.25, 0.3) is 0 Å². The number of nitrogens with one attached hydrogen (secondary N) is 1. The largest absolute Gasteiger partial charge is 0.348 e. The highest BCUT2D eigenvalue weighted by molar-refractivity contribution is 5.95. The van der Waals surface area contributed by atoms with Crippen LogP contribution in [0, 0.1) is 29.1 Å². The minimum Gasteiger partial charge on any atom is -0.348 e. The van der Waals surface area contributed by atoms with Gasteiger partial charge in [-0.2, -0.15) is 0 Å². The van der Waals surface area contributed by atoms with Crippen molar-refractivity contribution in [2.75, 3.05) is 6.54 Å². The van der Waals surface area contributed by atoms with E-state index < -0.39 is 46.6 Å². The van der Waals surface area contributed by atoms with Gasteiger partial charge in [0.1, 0.15) is 5.56 Å². The predicted molar refractivity (Wildman–Crippen MR) is 52.2 cm³/mol. The maximum atomic E-state index is 13.2. The molecule has 18 heavy (non-hydrogen) atoms. The summed E-state index contributed by atoms with van der Waals surface area (Å²) in [6.45, 7) is 1.35. The van der Waals surface area contributed by atoms with Crippen molar-refractivity contribution in [1.82, 2.24) is 5.32 Å². The molecule has 8 heteroatoms. The minimum atomic E-state index is -2.31. The van der Waals surface area contributed by atoms with E-state index in [-0.39, 0.29) is 6.54 Å². The molecule has 1 amide bonds. The number of hydrogen-bond donors (Lipinski definition) is 2. The van der Waals surface area contributed by atoms with Crippen LogP contribution in [-0.2, 0) is 0 Å². The molecule has 1 rings (SSSR count). The maximum absolute atomic E-state index is 13.2. The molecule has 0 aliphatic rings. The topological polar surface area (TPSA) is 55.1 Å². The van der Waals surface area contributed by atoms with Crippen molar-refractivity contribution in [2.45, 2.75) is 13.0 Å². The Kier molecular flexibility index (Phi) is 4.23. The SMILES string of the molecule is CC(CN)NC(=O)c1c(F)c(F)c(F)c(F)c1F. The van der Waals surface area contributed by atoms with E-state index in [1.807, 2.05) is 5.32 Å². The smallest absolute Gasteiger partial charge is 0.257 e. The number of nitrogens with two attached hydrogens (primary N) is 1. The quantitative estimate of drug-likeness (QED) is 0.495. The van der Waals surface area contributed by atoms with Gasteiger partial charge in [-0.25, -0.2) is 22.0 Å². The minimum absolute atomic E-state index is 0.0544. The lowest BCUT2D eigenvalue weighted by Crippen LogP contribution is -2.39. The van der Waals surface area contributed by atoms with Gasteiger partial charge >= 0.3 is 0 Å². The molecular weight excluding hydrogens is 259 g/mol. The highest BCUT2D eigenvalue weighted by Gasteiger charge is 2.29. The van der Waals surface area contributed by atoms with Gasteiger partial charge in [0.15, 0.2) is 23.3 Å². The van der Waals surface area contributed by atoms with Crippen LogP contribution in [-0.4, -0.2) is 18.5 Å². The Balaban J connectivity index is 3.29. The molecule has 1 aromatic rings. The Morgan fingerprint density at radius 3 is 1.83 bits per heavy atom. The average molecular weight is 268 g/mol. The third kappa shape index (κ3) is 2.42. The van der Waals surface area contributed by atoms with Gasteiger partial charge in [0, 0.05) is 12.6 Å². The van der Waals surface area contributed by atoms with Crippen LogP contribution >= 0.6 is 0 Å². The number of carbonyl (C=O) groups is 1. The normalized spacial score (nSPS) is 12.4. The summed E-state index contributed by atoms with van der Waals surface area (Å²) in [7, 11) is 0. The highest BCUT2D eigenvalue weighted by atomic mass is 19.2. The van der Waals surface area contributed by atoms with Gasteiger partial charge in [0.2, 0.25) is 5.82 Å². The molecule has 0 aliphatic heterocycles. The number of benzene rings is 1. The molecule has 0 spiro atoms. The van der Waals surface area contributed by atoms with Crippen LogP contribution in [0.15, 0.2) is 0 Å². The summed E-state index contributed by atoms with van der Waals surface area (Å²) in [5.74, 6) is -12.4. The Bertz CT molecular complexity index is 463. The van der Waals surface area contributed by atoms with E-state index in [9.17, 15) is 26.7 Å². The molecule has 1 aromatic carbocycles. The molecule has 0 saturated heterocycles. The fourth-order valence-corrected chi connectivity index (χ4v) is 1.16. The van der Waals surface area contributed by atoms with E-state index in [0.29, 0.717) is 0 Å². The number of amides is 1. The summed E-state index contributed by atoms with van der Waals surface area (Å²) < 4.78 is 64.7. The van der Waals surface area contributed by atoms with Gasteiger partial charge in [-0.05, 0) is 6.92 Å². The Labute approximate surface area is 98.8 Å². The molecule has 0 heterocycles. The van der Waals surface area contributed by atoms with Crippen molar-refractivity contribution in [1.29, 1.82) is 0 Å². The maximum Gasteiger partial charge on any atom is 0.257 e. The van der Waals surface area contributed by atoms with Gasteiger partial charge in [-0.15, -0.1) is 0 Å². The molecule has 0 aliphatic carbocycles. The zero-order valence-electron chi connectivity index (χ0n) is 9.16. The van der Waals surface area contributed by atoms with Crippen molar-refractivity contribution in [2.24, 2.45) is 5.73 Å². The fourth-order valence-electron chi connectivity index (χ4n) is 1.16. The Morgan fingerprint density at radius 2 is 1.44 bits per heavy atom. The van der Waals surface area contributed by atoms with Gasteiger partial charge in [0.25, 0.3) is 5.91 Å². The summed E-state index contributed by atoms with van der Waals surface area (Å²) in [6.07, 6.45) is 0. The van der Waals surface area contributed by atoms with Crippen LogP contribution < -0.4 is 11.1 Å². The zero-order chi connectivity index (χ0) is 14.0. The summed E-state index contributed by atoms with van der Waals surface area (Å²) in [4.78, 5) is 11.4. The molecule has 3 nitrogen and oxygen atoms in total. The lowest BCUT2D eigenvalue weighted by atomic mass is 10.1. The molecular formula is C10H9F5N2O. The van der Waals surface area contributed by atoms with E-state index in [1.54, 1.807) is 0 Å². The van der Waals surface area contributed by atoms with Gasteiger partial charge in [0.05, 0.1) is 0 Å². The van der Waals surface area contributed by atoms with Crippen LogP contribution in [0.2, 0.25) is 0 Å². The average Bonchev–Trinajstić information content (AvgIpc) is 2.34. The monoisotopic (exact) mass is 268 g/mol.